The van der Waals surface area contributed by atoms with Crippen molar-refractivity contribution >= 4 is 5.78 Å². The fourth-order valence-electron chi connectivity index (χ4n) is 3.06. The average Bonchev–Trinajstić information content (AvgIpc) is 2.81. The lowest BCUT2D eigenvalue weighted by molar-refractivity contribution is 0.0790. The Morgan fingerprint density at radius 1 is 1.24 bits per heavy atom. The van der Waals surface area contributed by atoms with E-state index in [0.29, 0.717) is 5.78 Å². The third-order valence-electron chi connectivity index (χ3n) is 4.36. The lowest BCUT2D eigenvalue weighted by atomic mass is 9.75. The van der Waals surface area contributed by atoms with Crippen LogP contribution in [-0.2, 0) is 0 Å². The summed E-state index contributed by atoms with van der Waals surface area (Å²) in [5.41, 5.74) is 3.20. The van der Waals surface area contributed by atoms with Crippen LogP contribution in [0.15, 0.2) is 18.2 Å². The Morgan fingerprint density at radius 3 is 2.47 bits per heavy atom. The van der Waals surface area contributed by atoms with Gasteiger partial charge in [-0.25, -0.2) is 0 Å². The molecule has 0 aromatic heterocycles. The molecule has 1 saturated carbocycles. The highest BCUT2D eigenvalue weighted by atomic mass is 16.1. The zero-order valence-corrected chi connectivity index (χ0v) is 11.2. The molecule has 92 valence electrons. The summed E-state index contributed by atoms with van der Waals surface area (Å²) < 4.78 is 0. The van der Waals surface area contributed by atoms with Crippen LogP contribution in [0.2, 0.25) is 0 Å². The van der Waals surface area contributed by atoms with Crippen molar-refractivity contribution in [2.75, 3.05) is 0 Å². The van der Waals surface area contributed by atoms with Gasteiger partial charge >= 0.3 is 0 Å². The van der Waals surface area contributed by atoms with Crippen LogP contribution < -0.4 is 0 Å². The van der Waals surface area contributed by atoms with E-state index in [0.717, 1.165) is 30.4 Å². The zero-order chi connectivity index (χ0) is 12.5. The summed E-state index contributed by atoms with van der Waals surface area (Å²) in [5, 5.41) is 0. The van der Waals surface area contributed by atoms with Gasteiger partial charge in [0.1, 0.15) is 0 Å². The normalized spacial score (nSPS) is 18.3. The molecule has 0 saturated heterocycles. The molecule has 0 aliphatic heterocycles. The summed E-state index contributed by atoms with van der Waals surface area (Å²) in [5.74, 6) is 0.388. The Morgan fingerprint density at radius 2 is 1.88 bits per heavy atom. The molecular formula is C16H22O. The van der Waals surface area contributed by atoms with Crippen LogP contribution in [0.3, 0.4) is 0 Å². The van der Waals surface area contributed by atoms with Crippen molar-refractivity contribution in [2.24, 2.45) is 5.41 Å². The van der Waals surface area contributed by atoms with Crippen LogP contribution in [0.5, 0.6) is 0 Å². The SMILES string of the molecule is CCC1(C(=O)c2cc(C)ccc2C)CCCC1. The highest BCUT2D eigenvalue weighted by molar-refractivity contribution is 6.02. The van der Waals surface area contributed by atoms with E-state index in [1.807, 2.05) is 6.92 Å². The van der Waals surface area contributed by atoms with Crippen molar-refractivity contribution in [3.8, 4) is 0 Å². The Balaban J connectivity index is 2.39. The van der Waals surface area contributed by atoms with E-state index in [-0.39, 0.29) is 5.41 Å². The van der Waals surface area contributed by atoms with Crippen LogP contribution in [0, 0.1) is 19.3 Å². The quantitative estimate of drug-likeness (QED) is 0.701. The van der Waals surface area contributed by atoms with Crippen molar-refractivity contribution in [1.29, 1.82) is 0 Å². The minimum atomic E-state index is -0.0570. The van der Waals surface area contributed by atoms with Crippen LogP contribution >= 0.6 is 0 Å². The largest absolute Gasteiger partial charge is 0.294 e. The van der Waals surface area contributed by atoms with Gasteiger partial charge in [0.2, 0.25) is 0 Å². The number of hydrogen-bond acceptors (Lipinski definition) is 1. The Kier molecular flexibility index (Phi) is 3.37. The van der Waals surface area contributed by atoms with Gasteiger partial charge in [-0.1, -0.05) is 37.5 Å². The second-order valence-electron chi connectivity index (χ2n) is 5.49. The molecule has 0 bridgehead atoms. The van der Waals surface area contributed by atoms with Gasteiger partial charge in [-0.2, -0.15) is 0 Å². The molecule has 0 atom stereocenters. The zero-order valence-electron chi connectivity index (χ0n) is 11.2. The molecule has 1 fully saturated rings. The number of benzene rings is 1. The van der Waals surface area contributed by atoms with Crippen LogP contribution in [-0.4, -0.2) is 5.78 Å². The third kappa shape index (κ3) is 2.15. The van der Waals surface area contributed by atoms with Gasteiger partial charge in [-0.05, 0) is 44.7 Å². The Labute approximate surface area is 104 Å². The molecule has 17 heavy (non-hydrogen) atoms. The molecule has 1 heteroatoms. The van der Waals surface area contributed by atoms with E-state index in [1.165, 1.54) is 18.4 Å². The first-order valence-corrected chi connectivity index (χ1v) is 6.71. The van der Waals surface area contributed by atoms with Gasteiger partial charge in [-0.15, -0.1) is 0 Å². The van der Waals surface area contributed by atoms with E-state index in [9.17, 15) is 4.79 Å². The monoisotopic (exact) mass is 230 g/mol. The summed E-state index contributed by atoms with van der Waals surface area (Å²) in [6.45, 7) is 6.27. The molecule has 1 aromatic carbocycles. The molecule has 0 heterocycles. The first-order valence-electron chi connectivity index (χ1n) is 6.71. The van der Waals surface area contributed by atoms with Crippen LogP contribution in [0.1, 0.15) is 60.5 Å². The number of rotatable bonds is 3. The molecule has 1 aliphatic carbocycles. The van der Waals surface area contributed by atoms with E-state index in [4.69, 9.17) is 0 Å². The highest BCUT2D eigenvalue weighted by Gasteiger charge is 2.39. The smallest absolute Gasteiger partial charge is 0.169 e. The summed E-state index contributed by atoms with van der Waals surface area (Å²) in [4.78, 5) is 12.8. The number of carbonyl (C=O) groups excluding carboxylic acids is 1. The second-order valence-corrected chi connectivity index (χ2v) is 5.49. The van der Waals surface area contributed by atoms with Crippen molar-refractivity contribution in [2.45, 2.75) is 52.9 Å². The standard InChI is InChI=1S/C16H22O/c1-4-16(9-5-6-10-16)15(17)14-11-12(2)7-8-13(14)3/h7-8,11H,4-6,9-10H2,1-3H3. The molecule has 0 unspecified atom stereocenters. The predicted octanol–water partition coefficient (Wildman–Crippen LogP) is 4.46. The van der Waals surface area contributed by atoms with Crippen molar-refractivity contribution < 1.29 is 4.79 Å². The van der Waals surface area contributed by atoms with E-state index in [2.05, 4.69) is 32.0 Å². The first kappa shape index (κ1) is 12.3. The molecular weight excluding hydrogens is 208 g/mol. The lowest BCUT2D eigenvalue weighted by Gasteiger charge is -2.26. The molecule has 0 spiro atoms. The summed E-state index contributed by atoms with van der Waals surface area (Å²) >= 11 is 0. The number of carbonyl (C=O) groups is 1. The molecule has 1 aliphatic rings. The average molecular weight is 230 g/mol. The fourth-order valence-corrected chi connectivity index (χ4v) is 3.06. The number of Topliss-reactive ketones (excluding diaryl/α,β-unsaturated/α-hetero) is 1. The first-order chi connectivity index (χ1) is 8.09. The van der Waals surface area contributed by atoms with Crippen molar-refractivity contribution in [1.82, 2.24) is 0 Å². The summed E-state index contributed by atoms with van der Waals surface area (Å²) in [7, 11) is 0. The molecule has 1 nitrogen and oxygen atoms in total. The maximum Gasteiger partial charge on any atom is 0.169 e. The third-order valence-corrected chi connectivity index (χ3v) is 4.36. The number of aryl methyl sites for hydroxylation is 2. The number of hydrogen-bond donors (Lipinski definition) is 0. The minimum Gasteiger partial charge on any atom is -0.294 e. The summed E-state index contributed by atoms with van der Waals surface area (Å²) in [6.07, 6.45) is 5.57. The topological polar surface area (TPSA) is 17.1 Å². The molecule has 0 N–H and O–H groups in total. The van der Waals surface area contributed by atoms with E-state index >= 15 is 0 Å². The maximum atomic E-state index is 12.8. The van der Waals surface area contributed by atoms with Gasteiger partial charge in [0.15, 0.2) is 5.78 Å². The Hall–Kier alpha value is -1.11. The Bertz CT molecular complexity index is 425. The van der Waals surface area contributed by atoms with E-state index < -0.39 is 0 Å². The van der Waals surface area contributed by atoms with Gasteiger partial charge in [0.25, 0.3) is 0 Å². The van der Waals surface area contributed by atoms with Gasteiger partial charge in [0.05, 0.1) is 0 Å². The van der Waals surface area contributed by atoms with Crippen molar-refractivity contribution in [3.63, 3.8) is 0 Å². The molecule has 2 rings (SSSR count). The van der Waals surface area contributed by atoms with Crippen LogP contribution in [0.4, 0.5) is 0 Å². The highest BCUT2D eigenvalue weighted by Crippen LogP contribution is 2.43. The molecule has 0 amide bonds. The maximum absolute atomic E-state index is 12.8. The fraction of sp³-hybridized carbons (Fsp3) is 0.562. The van der Waals surface area contributed by atoms with Crippen molar-refractivity contribution in [3.05, 3.63) is 34.9 Å². The van der Waals surface area contributed by atoms with Crippen LogP contribution in [0.25, 0.3) is 0 Å². The minimum absolute atomic E-state index is 0.0570. The van der Waals surface area contributed by atoms with Gasteiger partial charge in [-0.3, -0.25) is 4.79 Å². The second kappa shape index (κ2) is 4.64. The predicted molar refractivity (Wildman–Crippen MR) is 71.4 cm³/mol. The van der Waals surface area contributed by atoms with Gasteiger partial charge in [0, 0.05) is 11.0 Å². The molecule has 0 radical (unpaired) electrons. The number of ketones is 1. The van der Waals surface area contributed by atoms with Gasteiger partial charge < -0.3 is 0 Å². The molecule has 1 aromatic rings. The lowest BCUT2D eigenvalue weighted by Crippen LogP contribution is -2.28. The summed E-state index contributed by atoms with van der Waals surface area (Å²) in [6, 6.07) is 6.22. The van der Waals surface area contributed by atoms with E-state index in [1.54, 1.807) is 0 Å².